The van der Waals surface area contributed by atoms with Crippen LogP contribution in [-0.4, -0.2) is 41.6 Å². The highest BCUT2D eigenvalue weighted by Gasteiger charge is 2.23. The van der Waals surface area contributed by atoms with Gasteiger partial charge in [-0.05, 0) is 40.3 Å². The molecule has 0 bridgehead atoms. The first-order chi connectivity index (χ1) is 7.63. The summed E-state index contributed by atoms with van der Waals surface area (Å²) in [5.41, 5.74) is 5.20. The molecule has 0 saturated heterocycles. The van der Waals surface area contributed by atoms with E-state index in [0.717, 1.165) is 25.8 Å². The van der Waals surface area contributed by atoms with Crippen molar-refractivity contribution < 1.29 is 5.11 Å². The molecule has 0 atom stereocenters. The summed E-state index contributed by atoms with van der Waals surface area (Å²) in [6.07, 6.45) is 3.06. The van der Waals surface area contributed by atoms with Crippen LogP contribution in [0.15, 0.2) is 0 Å². The highest BCUT2D eigenvalue weighted by atomic mass is 16.3. The molecule has 17 heavy (non-hydrogen) atoms. The second kappa shape index (κ2) is 6.36. The standard InChI is InChI=1S/C13H29N3O/c1-12(2,11(14)15)8-6-7-9-16(5)13(3,4)10-17/h17H,6-10H2,1-5H3,(H3,14,15). The summed E-state index contributed by atoms with van der Waals surface area (Å²) in [6.45, 7) is 9.22. The van der Waals surface area contributed by atoms with Gasteiger partial charge >= 0.3 is 0 Å². The zero-order valence-electron chi connectivity index (χ0n) is 12.0. The van der Waals surface area contributed by atoms with Gasteiger partial charge in [0, 0.05) is 11.0 Å². The molecule has 0 saturated carbocycles. The van der Waals surface area contributed by atoms with Crippen molar-refractivity contribution in [1.29, 1.82) is 5.41 Å². The van der Waals surface area contributed by atoms with Gasteiger partial charge in [0.2, 0.25) is 0 Å². The second-order valence-corrected chi connectivity index (χ2v) is 6.15. The molecule has 102 valence electrons. The Labute approximate surface area is 106 Å². The first kappa shape index (κ1) is 16.4. The number of aliphatic hydroxyl groups excluding tert-OH is 1. The molecule has 0 aromatic heterocycles. The molecule has 4 heteroatoms. The predicted molar refractivity (Wildman–Crippen MR) is 73.3 cm³/mol. The van der Waals surface area contributed by atoms with Gasteiger partial charge in [-0.25, -0.2) is 0 Å². The monoisotopic (exact) mass is 243 g/mol. The second-order valence-electron chi connectivity index (χ2n) is 6.15. The number of aliphatic hydroxyl groups is 1. The minimum Gasteiger partial charge on any atom is -0.394 e. The summed E-state index contributed by atoms with van der Waals surface area (Å²) >= 11 is 0. The van der Waals surface area contributed by atoms with E-state index < -0.39 is 0 Å². The van der Waals surface area contributed by atoms with E-state index in [9.17, 15) is 5.11 Å². The van der Waals surface area contributed by atoms with Gasteiger partial charge in [0.1, 0.15) is 0 Å². The van der Waals surface area contributed by atoms with E-state index in [1.807, 2.05) is 34.7 Å². The number of unbranched alkanes of at least 4 members (excludes halogenated alkanes) is 1. The fourth-order valence-corrected chi connectivity index (χ4v) is 1.47. The smallest absolute Gasteiger partial charge is 0.0963 e. The molecule has 0 aromatic rings. The Bertz CT molecular complexity index is 249. The van der Waals surface area contributed by atoms with Crippen molar-refractivity contribution in [2.75, 3.05) is 20.2 Å². The van der Waals surface area contributed by atoms with Crippen LogP contribution < -0.4 is 5.73 Å². The number of nitrogens with zero attached hydrogens (tertiary/aromatic N) is 1. The Kier molecular flexibility index (Phi) is 6.13. The van der Waals surface area contributed by atoms with Crippen LogP contribution in [0.5, 0.6) is 0 Å². The van der Waals surface area contributed by atoms with Crippen LogP contribution in [0.3, 0.4) is 0 Å². The third kappa shape index (κ3) is 5.50. The van der Waals surface area contributed by atoms with E-state index in [4.69, 9.17) is 11.1 Å². The normalized spacial score (nSPS) is 13.1. The van der Waals surface area contributed by atoms with E-state index in [1.165, 1.54) is 0 Å². The van der Waals surface area contributed by atoms with Crippen molar-refractivity contribution in [2.24, 2.45) is 11.1 Å². The maximum Gasteiger partial charge on any atom is 0.0963 e. The lowest BCUT2D eigenvalue weighted by Gasteiger charge is -2.34. The molecule has 4 N–H and O–H groups in total. The number of nitrogens with one attached hydrogen (secondary N) is 1. The largest absolute Gasteiger partial charge is 0.394 e. The van der Waals surface area contributed by atoms with E-state index in [2.05, 4.69) is 4.90 Å². The lowest BCUT2D eigenvalue weighted by Crippen LogP contribution is -2.44. The fourth-order valence-electron chi connectivity index (χ4n) is 1.47. The lowest BCUT2D eigenvalue weighted by molar-refractivity contribution is 0.0773. The number of hydrogen-bond acceptors (Lipinski definition) is 3. The van der Waals surface area contributed by atoms with Gasteiger partial charge in [-0.3, -0.25) is 10.3 Å². The van der Waals surface area contributed by atoms with Crippen molar-refractivity contribution in [3.05, 3.63) is 0 Å². The van der Waals surface area contributed by atoms with Crippen molar-refractivity contribution in [3.63, 3.8) is 0 Å². The zero-order valence-corrected chi connectivity index (χ0v) is 12.0. The van der Waals surface area contributed by atoms with Gasteiger partial charge < -0.3 is 10.8 Å². The summed E-state index contributed by atoms with van der Waals surface area (Å²) in [5.74, 6) is 0.265. The molecule has 0 unspecified atom stereocenters. The molecule has 0 spiro atoms. The maximum absolute atomic E-state index is 9.24. The van der Waals surface area contributed by atoms with Crippen LogP contribution in [0.1, 0.15) is 47.0 Å². The topological polar surface area (TPSA) is 73.3 Å². The number of hydrogen-bond donors (Lipinski definition) is 3. The molecule has 0 radical (unpaired) electrons. The summed E-state index contributed by atoms with van der Waals surface area (Å²) in [5, 5.41) is 16.7. The minimum absolute atomic E-state index is 0.157. The molecular weight excluding hydrogens is 214 g/mol. The highest BCUT2D eigenvalue weighted by Crippen LogP contribution is 2.23. The summed E-state index contributed by atoms with van der Waals surface area (Å²) in [6, 6.07) is 0. The van der Waals surface area contributed by atoms with Crippen LogP contribution in [0, 0.1) is 10.8 Å². The molecule has 0 heterocycles. The zero-order chi connectivity index (χ0) is 13.7. The van der Waals surface area contributed by atoms with Crippen molar-refractivity contribution in [1.82, 2.24) is 4.90 Å². The molecule has 0 amide bonds. The van der Waals surface area contributed by atoms with Gasteiger partial charge in [0.15, 0.2) is 0 Å². The van der Waals surface area contributed by atoms with E-state index >= 15 is 0 Å². The Hall–Kier alpha value is -0.610. The van der Waals surface area contributed by atoms with Crippen LogP contribution in [0.25, 0.3) is 0 Å². The van der Waals surface area contributed by atoms with Crippen molar-refractivity contribution in [3.8, 4) is 0 Å². The average molecular weight is 243 g/mol. The molecule has 0 fully saturated rings. The van der Waals surface area contributed by atoms with Crippen molar-refractivity contribution in [2.45, 2.75) is 52.5 Å². The molecule has 0 aliphatic heterocycles. The Morgan fingerprint density at radius 1 is 1.24 bits per heavy atom. The van der Waals surface area contributed by atoms with Crippen LogP contribution >= 0.6 is 0 Å². The number of amidine groups is 1. The van der Waals surface area contributed by atoms with Gasteiger partial charge in [-0.15, -0.1) is 0 Å². The average Bonchev–Trinajstić information content (AvgIpc) is 2.23. The van der Waals surface area contributed by atoms with Crippen LogP contribution in [0.4, 0.5) is 0 Å². The summed E-state index contributed by atoms with van der Waals surface area (Å²) in [4.78, 5) is 2.17. The molecule has 0 aliphatic rings. The number of rotatable bonds is 8. The fraction of sp³-hybridized carbons (Fsp3) is 0.923. The van der Waals surface area contributed by atoms with Gasteiger partial charge in [-0.1, -0.05) is 20.3 Å². The van der Waals surface area contributed by atoms with E-state index in [1.54, 1.807) is 0 Å². The van der Waals surface area contributed by atoms with Crippen LogP contribution in [0.2, 0.25) is 0 Å². The maximum atomic E-state index is 9.24. The SMILES string of the molecule is CN(CCCCC(C)(C)C(=N)N)C(C)(C)CO. The lowest BCUT2D eigenvalue weighted by atomic mass is 9.86. The Morgan fingerprint density at radius 2 is 1.76 bits per heavy atom. The molecule has 0 aliphatic carbocycles. The Morgan fingerprint density at radius 3 is 2.18 bits per heavy atom. The predicted octanol–water partition coefficient (Wildman–Crippen LogP) is 1.82. The molecule has 0 aromatic carbocycles. The molecular formula is C13H29N3O. The first-order valence-corrected chi connectivity index (χ1v) is 6.30. The summed E-state index contributed by atoms with van der Waals surface area (Å²) < 4.78 is 0. The van der Waals surface area contributed by atoms with Gasteiger partial charge in [0.25, 0.3) is 0 Å². The quantitative estimate of drug-likeness (QED) is 0.346. The first-order valence-electron chi connectivity index (χ1n) is 6.30. The highest BCUT2D eigenvalue weighted by molar-refractivity contribution is 5.82. The summed E-state index contributed by atoms with van der Waals surface area (Å²) in [7, 11) is 2.03. The number of likely N-dealkylation sites (N-methyl/N-ethyl adjacent to an activating group) is 1. The van der Waals surface area contributed by atoms with Crippen LogP contribution in [-0.2, 0) is 0 Å². The van der Waals surface area contributed by atoms with Crippen molar-refractivity contribution >= 4 is 5.84 Å². The van der Waals surface area contributed by atoms with E-state index in [0.29, 0.717) is 0 Å². The number of nitrogens with two attached hydrogens (primary N) is 1. The van der Waals surface area contributed by atoms with E-state index in [-0.39, 0.29) is 23.4 Å². The van der Waals surface area contributed by atoms with Gasteiger partial charge in [0.05, 0.1) is 12.4 Å². The third-order valence-corrected chi connectivity index (χ3v) is 3.69. The minimum atomic E-state index is -0.189. The van der Waals surface area contributed by atoms with Gasteiger partial charge in [-0.2, -0.15) is 0 Å². The molecule has 0 rings (SSSR count). The molecule has 4 nitrogen and oxygen atoms in total. The Balaban J connectivity index is 3.91. The third-order valence-electron chi connectivity index (χ3n) is 3.69.